The van der Waals surface area contributed by atoms with Crippen molar-refractivity contribution in [3.63, 3.8) is 0 Å². The monoisotopic (exact) mass is 369 g/mol. The number of rotatable bonds is 4. The minimum Gasteiger partial charge on any atom is -0.462 e. The number of benzene rings is 1. The first-order valence-corrected chi connectivity index (χ1v) is 8.92. The quantitative estimate of drug-likeness (QED) is 0.811. The molecular weight excluding hydrogens is 346 g/mol. The predicted octanol–water partition coefficient (Wildman–Crippen LogP) is 2.97. The summed E-state index contributed by atoms with van der Waals surface area (Å²) in [5, 5.41) is 2.86. The third kappa shape index (κ3) is 3.45. The lowest BCUT2D eigenvalue weighted by Crippen LogP contribution is -2.25. The SMILES string of the molecule is CCOC(=O)c1c(C)[nH]c(C(=O)Nc2ccc3c(c2)CCN3C(C)=O)c1C. The van der Waals surface area contributed by atoms with Crippen molar-refractivity contribution in [1.82, 2.24) is 4.98 Å². The Morgan fingerprint density at radius 2 is 2.00 bits per heavy atom. The molecule has 0 spiro atoms. The van der Waals surface area contributed by atoms with Gasteiger partial charge in [0.1, 0.15) is 5.69 Å². The van der Waals surface area contributed by atoms with Gasteiger partial charge in [-0.15, -0.1) is 0 Å². The van der Waals surface area contributed by atoms with Crippen molar-refractivity contribution in [3.05, 3.63) is 46.3 Å². The van der Waals surface area contributed by atoms with Crippen LogP contribution in [0.5, 0.6) is 0 Å². The number of nitrogens with zero attached hydrogens (tertiary/aromatic N) is 1. The van der Waals surface area contributed by atoms with Gasteiger partial charge in [0.25, 0.3) is 5.91 Å². The van der Waals surface area contributed by atoms with E-state index >= 15 is 0 Å². The lowest BCUT2D eigenvalue weighted by atomic mass is 10.1. The maximum atomic E-state index is 12.7. The lowest BCUT2D eigenvalue weighted by molar-refractivity contribution is -0.116. The summed E-state index contributed by atoms with van der Waals surface area (Å²) >= 11 is 0. The zero-order valence-electron chi connectivity index (χ0n) is 15.9. The summed E-state index contributed by atoms with van der Waals surface area (Å²) in [6.07, 6.45) is 0.756. The van der Waals surface area contributed by atoms with Crippen LogP contribution in [0.1, 0.15) is 51.5 Å². The highest BCUT2D eigenvalue weighted by Gasteiger charge is 2.25. The van der Waals surface area contributed by atoms with Gasteiger partial charge in [-0.25, -0.2) is 4.79 Å². The van der Waals surface area contributed by atoms with Gasteiger partial charge < -0.3 is 19.9 Å². The van der Waals surface area contributed by atoms with E-state index < -0.39 is 5.97 Å². The molecule has 7 heteroatoms. The van der Waals surface area contributed by atoms with E-state index in [1.54, 1.807) is 38.7 Å². The van der Waals surface area contributed by atoms with Crippen molar-refractivity contribution in [2.75, 3.05) is 23.4 Å². The Morgan fingerprint density at radius 3 is 2.67 bits per heavy atom. The summed E-state index contributed by atoms with van der Waals surface area (Å²) in [4.78, 5) is 41.1. The summed E-state index contributed by atoms with van der Waals surface area (Å²) in [5.41, 5.74) is 4.45. The van der Waals surface area contributed by atoms with Gasteiger partial charge in [-0.05, 0) is 56.5 Å². The molecule has 0 unspecified atom stereocenters. The molecule has 0 saturated heterocycles. The number of carbonyl (C=O) groups is 3. The van der Waals surface area contributed by atoms with E-state index in [4.69, 9.17) is 4.74 Å². The number of H-pyrrole nitrogens is 1. The maximum absolute atomic E-state index is 12.7. The standard InChI is InChI=1S/C20H23N3O4/c1-5-27-20(26)17-11(2)18(21-12(17)3)19(25)22-15-6-7-16-14(10-15)8-9-23(16)13(4)24/h6-7,10,21H,5,8-9H2,1-4H3,(H,22,25). The van der Waals surface area contributed by atoms with Crippen molar-refractivity contribution in [2.45, 2.75) is 34.1 Å². The van der Waals surface area contributed by atoms with E-state index in [2.05, 4.69) is 10.3 Å². The molecule has 0 atom stereocenters. The minimum atomic E-state index is -0.440. The Kier molecular flexibility index (Phi) is 5.03. The Balaban J connectivity index is 1.82. The molecule has 1 aromatic heterocycles. The van der Waals surface area contributed by atoms with E-state index in [9.17, 15) is 14.4 Å². The van der Waals surface area contributed by atoms with Gasteiger partial charge in [0.15, 0.2) is 0 Å². The summed E-state index contributed by atoms with van der Waals surface area (Å²) in [5.74, 6) is -0.758. The first-order valence-electron chi connectivity index (χ1n) is 8.92. The van der Waals surface area contributed by atoms with E-state index in [1.807, 2.05) is 12.1 Å². The molecule has 0 radical (unpaired) electrons. The number of aryl methyl sites for hydroxylation is 1. The molecule has 1 aromatic carbocycles. The number of ether oxygens (including phenoxy) is 1. The number of amides is 2. The van der Waals surface area contributed by atoms with Crippen LogP contribution in [-0.4, -0.2) is 35.9 Å². The zero-order chi connectivity index (χ0) is 19.7. The molecule has 142 valence electrons. The van der Waals surface area contributed by atoms with Crippen LogP contribution in [0.2, 0.25) is 0 Å². The number of esters is 1. The van der Waals surface area contributed by atoms with E-state index in [0.29, 0.717) is 34.7 Å². The highest BCUT2D eigenvalue weighted by Crippen LogP contribution is 2.31. The minimum absolute atomic E-state index is 0.00881. The van der Waals surface area contributed by atoms with Crippen LogP contribution in [0.25, 0.3) is 0 Å². The number of carbonyl (C=O) groups excluding carboxylic acids is 3. The normalized spacial score (nSPS) is 12.7. The molecule has 27 heavy (non-hydrogen) atoms. The first kappa shape index (κ1) is 18.7. The fraction of sp³-hybridized carbons (Fsp3) is 0.350. The molecule has 0 fully saturated rings. The van der Waals surface area contributed by atoms with Crippen LogP contribution in [0.3, 0.4) is 0 Å². The van der Waals surface area contributed by atoms with Crippen LogP contribution < -0.4 is 10.2 Å². The number of nitrogens with one attached hydrogen (secondary N) is 2. The second-order valence-electron chi connectivity index (χ2n) is 6.56. The molecule has 2 N–H and O–H groups in total. The predicted molar refractivity (Wildman–Crippen MR) is 102 cm³/mol. The topological polar surface area (TPSA) is 91.5 Å². The van der Waals surface area contributed by atoms with Crippen molar-refractivity contribution in [2.24, 2.45) is 0 Å². The van der Waals surface area contributed by atoms with E-state index in [-0.39, 0.29) is 18.4 Å². The van der Waals surface area contributed by atoms with Gasteiger partial charge in [0.05, 0.1) is 12.2 Å². The number of hydrogen-bond donors (Lipinski definition) is 2. The number of fused-ring (bicyclic) bond motifs is 1. The van der Waals surface area contributed by atoms with Crippen LogP contribution in [-0.2, 0) is 16.0 Å². The third-order valence-electron chi connectivity index (χ3n) is 4.76. The summed E-state index contributed by atoms with van der Waals surface area (Å²) in [7, 11) is 0. The second-order valence-corrected chi connectivity index (χ2v) is 6.56. The van der Waals surface area contributed by atoms with Gasteiger partial charge in [0, 0.05) is 30.5 Å². The number of aromatic amines is 1. The average Bonchev–Trinajstić information content (AvgIpc) is 3.15. The first-order chi connectivity index (χ1) is 12.8. The van der Waals surface area contributed by atoms with Crippen molar-refractivity contribution < 1.29 is 19.1 Å². The molecule has 2 aromatic rings. The van der Waals surface area contributed by atoms with Crippen LogP contribution >= 0.6 is 0 Å². The largest absolute Gasteiger partial charge is 0.462 e. The Hall–Kier alpha value is -3.09. The summed E-state index contributed by atoms with van der Waals surface area (Å²) in [6.45, 7) is 7.67. The maximum Gasteiger partial charge on any atom is 0.340 e. The Morgan fingerprint density at radius 1 is 1.26 bits per heavy atom. The van der Waals surface area contributed by atoms with Gasteiger partial charge in [-0.1, -0.05) is 0 Å². The molecule has 3 rings (SSSR count). The highest BCUT2D eigenvalue weighted by molar-refractivity contribution is 6.07. The molecular formula is C20H23N3O4. The molecule has 1 aliphatic rings. The smallest absolute Gasteiger partial charge is 0.340 e. The van der Waals surface area contributed by atoms with Gasteiger partial charge in [-0.2, -0.15) is 0 Å². The van der Waals surface area contributed by atoms with Gasteiger partial charge >= 0.3 is 5.97 Å². The van der Waals surface area contributed by atoms with E-state index in [1.165, 1.54) is 0 Å². The molecule has 2 heterocycles. The van der Waals surface area contributed by atoms with Crippen LogP contribution in [0.4, 0.5) is 11.4 Å². The number of hydrogen-bond acceptors (Lipinski definition) is 4. The Bertz CT molecular complexity index is 930. The van der Waals surface area contributed by atoms with Crippen molar-refractivity contribution in [1.29, 1.82) is 0 Å². The van der Waals surface area contributed by atoms with Gasteiger partial charge in [-0.3, -0.25) is 9.59 Å². The molecule has 0 saturated carbocycles. The van der Waals surface area contributed by atoms with E-state index in [0.717, 1.165) is 17.7 Å². The highest BCUT2D eigenvalue weighted by atomic mass is 16.5. The number of anilines is 2. The summed E-state index contributed by atoms with van der Waals surface area (Å²) in [6, 6.07) is 5.50. The number of aromatic nitrogens is 1. The fourth-order valence-corrected chi connectivity index (χ4v) is 3.49. The molecule has 7 nitrogen and oxygen atoms in total. The zero-order valence-corrected chi connectivity index (χ0v) is 15.9. The second kappa shape index (κ2) is 7.26. The van der Waals surface area contributed by atoms with Crippen LogP contribution in [0.15, 0.2) is 18.2 Å². The third-order valence-corrected chi connectivity index (χ3v) is 4.76. The Labute approximate surface area is 157 Å². The van der Waals surface area contributed by atoms with Crippen molar-refractivity contribution >= 4 is 29.2 Å². The molecule has 2 amide bonds. The average molecular weight is 369 g/mol. The van der Waals surface area contributed by atoms with Crippen molar-refractivity contribution in [3.8, 4) is 0 Å². The molecule has 0 bridgehead atoms. The van der Waals surface area contributed by atoms with Crippen LogP contribution in [0, 0.1) is 13.8 Å². The fourth-order valence-electron chi connectivity index (χ4n) is 3.49. The summed E-state index contributed by atoms with van der Waals surface area (Å²) < 4.78 is 5.06. The lowest BCUT2D eigenvalue weighted by Gasteiger charge is -2.15. The molecule has 1 aliphatic heterocycles. The molecule has 0 aliphatic carbocycles. The van der Waals surface area contributed by atoms with Gasteiger partial charge in [0.2, 0.25) is 5.91 Å².